The van der Waals surface area contributed by atoms with Crippen molar-refractivity contribution < 1.29 is 16.8 Å². The lowest BCUT2D eigenvalue weighted by Gasteiger charge is -2.10. The van der Waals surface area contributed by atoms with Gasteiger partial charge in [0.2, 0.25) is 20.0 Å². The molecule has 1 rings (SSSR count). The van der Waals surface area contributed by atoms with Crippen molar-refractivity contribution in [1.29, 1.82) is 0 Å². The lowest BCUT2D eigenvalue weighted by molar-refractivity contribution is 0.596. The second kappa shape index (κ2) is 10.3. The predicted octanol–water partition coefficient (Wildman–Crippen LogP) is 3.21. The molecule has 0 bridgehead atoms. The molecule has 0 spiro atoms. The van der Waals surface area contributed by atoms with Crippen LogP contribution in [0.5, 0.6) is 0 Å². The lowest BCUT2D eigenvalue weighted by atomic mass is 10.3. The van der Waals surface area contributed by atoms with E-state index in [4.69, 9.17) is 23.2 Å². The molecule has 0 saturated carbocycles. The number of benzene rings is 1. The molecule has 24 heavy (non-hydrogen) atoms. The fourth-order valence-electron chi connectivity index (χ4n) is 1.84. The Morgan fingerprint density at radius 3 is 1.29 bits per heavy atom. The molecule has 0 fully saturated rings. The third-order valence-corrected chi connectivity index (χ3v) is 6.31. The highest BCUT2D eigenvalue weighted by atomic mass is 35.5. The third-order valence-electron chi connectivity index (χ3n) is 3.03. The Balaban J connectivity index is 2.59. The van der Waals surface area contributed by atoms with Crippen LogP contribution in [0.4, 0.5) is 11.4 Å². The van der Waals surface area contributed by atoms with Gasteiger partial charge in [-0.05, 0) is 49.9 Å². The minimum atomic E-state index is -3.43. The average molecular weight is 417 g/mol. The van der Waals surface area contributed by atoms with E-state index in [2.05, 4.69) is 9.44 Å². The molecule has 0 aliphatic carbocycles. The van der Waals surface area contributed by atoms with Gasteiger partial charge in [0.05, 0.1) is 11.5 Å². The van der Waals surface area contributed by atoms with E-state index in [9.17, 15) is 16.8 Å². The van der Waals surface area contributed by atoms with Crippen LogP contribution in [0.2, 0.25) is 0 Å². The number of halogens is 2. The van der Waals surface area contributed by atoms with E-state index < -0.39 is 20.0 Å². The molecule has 0 radical (unpaired) electrons. The standard InChI is InChI=1S/C14H22Cl2N2O4S2/c15-9-1-3-11-23(19,20)17-13-5-7-14(8-6-13)18-24(21,22)12-4-2-10-16/h5-8,17-18H,1-4,9-12H2. The van der Waals surface area contributed by atoms with Crippen LogP contribution in [0.3, 0.4) is 0 Å². The summed E-state index contributed by atoms with van der Waals surface area (Å²) in [5, 5.41) is 0. The topological polar surface area (TPSA) is 92.3 Å². The van der Waals surface area contributed by atoms with Crippen molar-refractivity contribution in [2.24, 2.45) is 0 Å². The molecular weight excluding hydrogens is 395 g/mol. The van der Waals surface area contributed by atoms with Gasteiger partial charge in [0.1, 0.15) is 0 Å². The largest absolute Gasteiger partial charge is 0.284 e. The monoisotopic (exact) mass is 416 g/mol. The summed E-state index contributed by atoms with van der Waals surface area (Å²) < 4.78 is 52.3. The molecule has 0 saturated heterocycles. The zero-order valence-electron chi connectivity index (χ0n) is 13.2. The Bertz CT molecular complexity index is 631. The number of hydrogen-bond acceptors (Lipinski definition) is 4. The molecule has 0 unspecified atom stereocenters. The van der Waals surface area contributed by atoms with Crippen LogP contribution in [0.1, 0.15) is 25.7 Å². The van der Waals surface area contributed by atoms with Crippen molar-refractivity contribution in [3.05, 3.63) is 24.3 Å². The summed E-state index contributed by atoms with van der Waals surface area (Å²) in [7, 11) is -6.86. The van der Waals surface area contributed by atoms with Crippen molar-refractivity contribution in [2.45, 2.75) is 25.7 Å². The minimum absolute atomic E-state index is 0.00529. The first-order valence-corrected chi connectivity index (χ1v) is 11.9. The van der Waals surface area contributed by atoms with Gasteiger partial charge in [0.15, 0.2) is 0 Å². The van der Waals surface area contributed by atoms with Crippen LogP contribution in [0, 0.1) is 0 Å². The molecular formula is C14H22Cl2N2O4S2. The van der Waals surface area contributed by atoms with Gasteiger partial charge in [0.25, 0.3) is 0 Å². The van der Waals surface area contributed by atoms with Crippen molar-refractivity contribution in [3.63, 3.8) is 0 Å². The van der Waals surface area contributed by atoms with Gasteiger partial charge in [0, 0.05) is 23.1 Å². The van der Waals surface area contributed by atoms with E-state index in [1.54, 1.807) is 0 Å². The van der Waals surface area contributed by atoms with E-state index in [-0.39, 0.29) is 11.5 Å². The maximum absolute atomic E-state index is 11.9. The van der Waals surface area contributed by atoms with Gasteiger partial charge in [-0.25, -0.2) is 16.8 Å². The summed E-state index contributed by atoms with van der Waals surface area (Å²) in [6.45, 7) is 0. The first kappa shape index (κ1) is 21.3. The highest BCUT2D eigenvalue weighted by Gasteiger charge is 2.12. The molecule has 0 amide bonds. The summed E-state index contributed by atoms with van der Waals surface area (Å²) >= 11 is 11.0. The van der Waals surface area contributed by atoms with Gasteiger partial charge in [-0.1, -0.05) is 0 Å². The van der Waals surface area contributed by atoms with Crippen LogP contribution in [0.25, 0.3) is 0 Å². The third kappa shape index (κ3) is 8.96. The van der Waals surface area contributed by atoms with Gasteiger partial charge in [-0.15, -0.1) is 23.2 Å². The Labute approximate surface area is 154 Å². The van der Waals surface area contributed by atoms with E-state index in [1.165, 1.54) is 24.3 Å². The molecule has 2 N–H and O–H groups in total. The molecule has 0 aliphatic heterocycles. The molecule has 1 aromatic rings. The Morgan fingerprint density at radius 1 is 0.667 bits per heavy atom. The summed E-state index contributed by atoms with van der Waals surface area (Å²) in [4.78, 5) is 0. The number of unbranched alkanes of at least 4 members (excludes halogenated alkanes) is 2. The molecule has 138 valence electrons. The predicted molar refractivity (Wildman–Crippen MR) is 101 cm³/mol. The van der Waals surface area contributed by atoms with E-state index >= 15 is 0 Å². The summed E-state index contributed by atoms with van der Waals surface area (Å²) in [5.41, 5.74) is 0.761. The molecule has 10 heteroatoms. The quantitative estimate of drug-likeness (QED) is 0.404. The van der Waals surface area contributed by atoms with E-state index in [1.807, 2.05) is 0 Å². The Morgan fingerprint density at radius 2 is 1.00 bits per heavy atom. The zero-order chi connectivity index (χ0) is 18.1. The first-order valence-electron chi connectivity index (χ1n) is 7.51. The number of anilines is 2. The number of nitrogens with one attached hydrogen (secondary N) is 2. The van der Waals surface area contributed by atoms with Crippen molar-refractivity contribution in [1.82, 2.24) is 0 Å². The average Bonchev–Trinajstić information content (AvgIpc) is 2.49. The van der Waals surface area contributed by atoms with Crippen molar-refractivity contribution in [2.75, 3.05) is 32.7 Å². The second-order valence-electron chi connectivity index (χ2n) is 5.21. The fourth-order valence-corrected chi connectivity index (χ4v) is 4.58. The normalized spacial score (nSPS) is 12.1. The SMILES string of the molecule is O=S(=O)(CCCCCl)Nc1ccc(NS(=O)(=O)CCCCCl)cc1. The van der Waals surface area contributed by atoms with Crippen LogP contribution < -0.4 is 9.44 Å². The molecule has 0 aromatic heterocycles. The zero-order valence-corrected chi connectivity index (χ0v) is 16.3. The van der Waals surface area contributed by atoms with Crippen molar-refractivity contribution in [3.8, 4) is 0 Å². The molecule has 0 aliphatic rings. The second-order valence-corrected chi connectivity index (χ2v) is 9.65. The summed E-state index contributed by atoms with van der Waals surface area (Å²) in [6.07, 6.45) is 2.23. The number of alkyl halides is 2. The van der Waals surface area contributed by atoms with Gasteiger partial charge in [-0.2, -0.15) is 0 Å². The minimum Gasteiger partial charge on any atom is -0.284 e. The van der Waals surface area contributed by atoms with Crippen LogP contribution >= 0.6 is 23.2 Å². The molecule has 0 heterocycles. The smallest absolute Gasteiger partial charge is 0.232 e. The van der Waals surface area contributed by atoms with E-state index in [0.717, 1.165) is 0 Å². The molecule has 0 atom stereocenters. The number of sulfonamides is 2. The Kier molecular flexibility index (Phi) is 9.18. The highest BCUT2D eigenvalue weighted by molar-refractivity contribution is 7.92. The van der Waals surface area contributed by atoms with Crippen LogP contribution in [-0.4, -0.2) is 40.1 Å². The van der Waals surface area contributed by atoms with Crippen LogP contribution in [0.15, 0.2) is 24.3 Å². The fraction of sp³-hybridized carbons (Fsp3) is 0.571. The summed E-state index contributed by atoms with van der Waals surface area (Å²) in [5.74, 6) is 0.841. The summed E-state index contributed by atoms with van der Waals surface area (Å²) in [6, 6.07) is 6.04. The number of rotatable bonds is 12. The van der Waals surface area contributed by atoms with Crippen molar-refractivity contribution >= 4 is 54.6 Å². The maximum atomic E-state index is 11.9. The molecule has 1 aromatic carbocycles. The highest BCUT2D eigenvalue weighted by Crippen LogP contribution is 2.17. The van der Waals surface area contributed by atoms with Gasteiger partial charge >= 0.3 is 0 Å². The number of hydrogen-bond donors (Lipinski definition) is 2. The maximum Gasteiger partial charge on any atom is 0.232 e. The lowest BCUT2D eigenvalue weighted by Crippen LogP contribution is -2.18. The molecule has 6 nitrogen and oxygen atoms in total. The van der Waals surface area contributed by atoms with Gasteiger partial charge in [-0.3, -0.25) is 9.44 Å². The van der Waals surface area contributed by atoms with E-state index in [0.29, 0.717) is 48.8 Å². The van der Waals surface area contributed by atoms with Crippen LogP contribution in [-0.2, 0) is 20.0 Å². The Hall–Kier alpha value is -0.700. The van der Waals surface area contributed by atoms with Gasteiger partial charge < -0.3 is 0 Å². The first-order chi connectivity index (χ1) is 11.3.